The second-order valence-corrected chi connectivity index (χ2v) is 4.55. The molecule has 3 N–H and O–H groups in total. The number of aryl methyl sites for hydroxylation is 1. The third kappa shape index (κ3) is 3.00. The van der Waals surface area contributed by atoms with E-state index in [0.29, 0.717) is 22.6 Å². The quantitative estimate of drug-likeness (QED) is 0.393. The molecule has 2 aromatic rings. The summed E-state index contributed by atoms with van der Waals surface area (Å²) in [6, 6.07) is 9.17. The number of halogens is 2. The zero-order chi connectivity index (χ0) is 14.7. The van der Waals surface area contributed by atoms with E-state index >= 15 is 0 Å². The lowest BCUT2D eigenvalue weighted by atomic mass is 10.2. The van der Waals surface area contributed by atoms with E-state index in [2.05, 4.69) is 5.16 Å². The first-order chi connectivity index (χ1) is 9.51. The number of hydrogen-bond donors (Lipinski definition) is 2. The lowest BCUT2D eigenvalue weighted by Gasteiger charge is -2.09. The van der Waals surface area contributed by atoms with Crippen LogP contribution in [0.25, 0.3) is 0 Å². The zero-order valence-electron chi connectivity index (χ0n) is 10.6. The van der Waals surface area contributed by atoms with Gasteiger partial charge >= 0.3 is 0 Å². The Morgan fingerprint density at radius 3 is 2.50 bits per heavy atom. The minimum Gasteiger partial charge on any atom is -0.457 e. The number of nitrogens with zero attached hydrogens (tertiary/aromatic N) is 1. The maximum absolute atomic E-state index is 13.2. The molecule has 0 saturated carbocycles. The molecule has 0 atom stereocenters. The average molecular weight is 295 g/mol. The van der Waals surface area contributed by atoms with E-state index < -0.39 is 0 Å². The predicted molar refractivity (Wildman–Crippen MR) is 75.2 cm³/mol. The van der Waals surface area contributed by atoms with Crippen LogP contribution in [0.4, 0.5) is 4.39 Å². The molecule has 0 heterocycles. The lowest BCUT2D eigenvalue weighted by Crippen LogP contribution is -2.13. The molecule has 0 aliphatic heterocycles. The SMILES string of the molecule is Cc1cc(Oc2ccc(/C(N)=N/O)c(Cl)c2)ccc1F. The Hall–Kier alpha value is -2.27. The third-order valence-electron chi connectivity index (χ3n) is 2.69. The van der Waals surface area contributed by atoms with Crippen molar-refractivity contribution >= 4 is 17.4 Å². The first-order valence-corrected chi connectivity index (χ1v) is 6.10. The van der Waals surface area contributed by atoms with Crippen molar-refractivity contribution in [3.63, 3.8) is 0 Å². The summed E-state index contributed by atoms with van der Waals surface area (Å²) in [5.74, 6) is 0.587. The Balaban J connectivity index is 2.26. The Morgan fingerprint density at radius 2 is 1.90 bits per heavy atom. The summed E-state index contributed by atoms with van der Waals surface area (Å²) in [6.45, 7) is 1.65. The van der Waals surface area contributed by atoms with Crippen LogP contribution in [-0.2, 0) is 0 Å². The fourth-order valence-corrected chi connectivity index (χ4v) is 1.91. The highest BCUT2D eigenvalue weighted by molar-refractivity contribution is 6.34. The van der Waals surface area contributed by atoms with Gasteiger partial charge in [-0.3, -0.25) is 0 Å². The summed E-state index contributed by atoms with van der Waals surface area (Å²) in [6.07, 6.45) is 0. The van der Waals surface area contributed by atoms with Gasteiger partial charge in [-0.1, -0.05) is 16.8 Å². The fraction of sp³-hybridized carbons (Fsp3) is 0.0714. The van der Waals surface area contributed by atoms with Gasteiger partial charge in [0.2, 0.25) is 0 Å². The molecule has 2 aromatic carbocycles. The third-order valence-corrected chi connectivity index (χ3v) is 3.00. The predicted octanol–water partition coefficient (Wildman–Crippen LogP) is 3.67. The van der Waals surface area contributed by atoms with Gasteiger partial charge in [0.05, 0.1) is 5.02 Å². The summed E-state index contributed by atoms with van der Waals surface area (Å²) in [5, 5.41) is 11.8. The number of benzene rings is 2. The van der Waals surface area contributed by atoms with Crippen molar-refractivity contribution in [2.24, 2.45) is 10.9 Å². The highest BCUT2D eigenvalue weighted by Crippen LogP contribution is 2.27. The van der Waals surface area contributed by atoms with Crippen molar-refractivity contribution < 1.29 is 14.3 Å². The van der Waals surface area contributed by atoms with Gasteiger partial charge in [0, 0.05) is 11.6 Å². The summed E-state index contributed by atoms with van der Waals surface area (Å²) in [4.78, 5) is 0. The van der Waals surface area contributed by atoms with E-state index in [1.165, 1.54) is 18.2 Å². The van der Waals surface area contributed by atoms with E-state index in [9.17, 15) is 4.39 Å². The number of nitrogens with two attached hydrogens (primary N) is 1. The van der Waals surface area contributed by atoms with Gasteiger partial charge in [0.1, 0.15) is 17.3 Å². The van der Waals surface area contributed by atoms with Crippen LogP contribution in [0.15, 0.2) is 41.6 Å². The average Bonchev–Trinajstić information content (AvgIpc) is 2.42. The number of hydrogen-bond acceptors (Lipinski definition) is 3. The van der Waals surface area contributed by atoms with Gasteiger partial charge in [0.15, 0.2) is 5.84 Å². The van der Waals surface area contributed by atoms with Gasteiger partial charge < -0.3 is 15.7 Å². The summed E-state index contributed by atoms with van der Waals surface area (Å²) < 4.78 is 18.7. The van der Waals surface area contributed by atoms with Crippen LogP contribution in [0, 0.1) is 12.7 Å². The molecule has 4 nitrogen and oxygen atoms in total. The normalized spacial score (nSPS) is 11.4. The maximum Gasteiger partial charge on any atom is 0.171 e. The van der Waals surface area contributed by atoms with Crippen molar-refractivity contribution in [2.75, 3.05) is 0 Å². The Bertz CT molecular complexity index is 674. The minimum atomic E-state index is -0.294. The summed E-state index contributed by atoms with van der Waals surface area (Å²) >= 11 is 6.01. The van der Waals surface area contributed by atoms with Crippen LogP contribution in [0.5, 0.6) is 11.5 Å². The smallest absolute Gasteiger partial charge is 0.171 e. The standard InChI is InChI=1S/C14H12ClFN2O2/c1-8-6-9(3-5-13(8)16)20-10-2-4-11(12(15)7-10)14(17)18-19/h2-7,19H,1H3,(H2,17,18). The number of amidine groups is 1. The molecule has 20 heavy (non-hydrogen) atoms. The topological polar surface area (TPSA) is 67.8 Å². The van der Waals surface area contributed by atoms with Crippen LogP contribution in [0.3, 0.4) is 0 Å². The molecule has 0 aromatic heterocycles. The van der Waals surface area contributed by atoms with Crippen molar-refractivity contribution in [2.45, 2.75) is 6.92 Å². The van der Waals surface area contributed by atoms with E-state index in [0.717, 1.165) is 0 Å². The first kappa shape index (κ1) is 14.1. The summed E-state index contributed by atoms with van der Waals surface area (Å²) in [7, 11) is 0. The van der Waals surface area contributed by atoms with Gasteiger partial charge in [0.25, 0.3) is 0 Å². The van der Waals surface area contributed by atoms with E-state index in [4.69, 9.17) is 27.3 Å². The van der Waals surface area contributed by atoms with Gasteiger partial charge in [-0.25, -0.2) is 4.39 Å². The van der Waals surface area contributed by atoms with Crippen molar-refractivity contribution in [1.82, 2.24) is 0 Å². The van der Waals surface area contributed by atoms with Crippen molar-refractivity contribution in [3.8, 4) is 11.5 Å². The van der Waals surface area contributed by atoms with Gasteiger partial charge in [-0.15, -0.1) is 0 Å². The molecule has 0 amide bonds. The van der Waals surface area contributed by atoms with Crippen molar-refractivity contribution in [1.29, 1.82) is 0 Å². The number of ether oxygens (including phenoxy) is 1. The second-order valence-electron chi connectivity index (χ2n) is 4.14. The lowest BCUT2D eigenvalue weighted by molar-refractivity contribution is 0.318. The maximum atomic E-state index is 13.2. The largest absolute Gasteiger partial charge is 0.457 e. The Labute approximate surface area is 120 Å². The van der Waals surface area contributed by atoms with E-state index in [1.807, 2.05) is 0 Å². The van der Waals surface area contributed by atoms with Gasteiger partial charge in [-0.05, 0) is 42.8 Å². The summed E-state index contributed by atoms with van der Waals surface area (Å²) in [5.41, 5.74) is 6.35. The van der Waals surface area contributed by atoms with Crippen LogP contribution in [-0.4, -0.2) is 11.0 Å². The molecule has 104 valence electrons. The molecular weight excluding hydrogens is 283 g/mol. The van der Waals surface area contributed by atoms with E-state index in [1.54, 1.807) is 25.1 Å². The molecule has 0 bridgehead atoms. The van der Waals surface area contributed by atoms with Crippen LogP contribution in [0.1, 0.15) is 11.1 Å². The monoisotopic (exact) mass is 294 g/mol. The zero-order valence-corrected chi connectivity index (χ0v) is 11.4. The molecule has 6 heteroatoms. The first-order valence-electron chi connectivity index (χ1n) is 5.72. The molecule has 2 rings (SSSR count). The van der Waals surface area contributed by atoms with E-state index in [-0.39, 0.29) is 16.7 Å². The van der Waals surface area contributed by atoms with Crippen LogP contribution < -0.4 is 10.5 Å². The Morgan fingerprint density at radius 1 is 1.25 bits per heavy atom. The fourth-order valence-electron chi connectivity index (χ4n) is 1.64. The van der Waals surface area contributed by atoms with Crippen LogP contribution in [0.2, 0.25) is 5.02 Å². The van der Waals surface area contributed by atoms with Crippen molar-refractivity contribution in [3.05, 3.63) is 58.4 Å². The molecule has 0 aliphatic carbocycles. The molecule has 0 aliphatic rings. The number of rotatable bonds is 3. The van der Waals surface area contributed by atoms with Gasteiger partial charge in [-0.2, -0.15) is 0 Å². The molecular formula is C14H12ClFN2O2. The molecule has 0 saturated heterocycles. The minimum absolute atomic E-state index is 0.0841. The number of oxime groups is 1. The highest BCUT2D eigenvalue weighted by atomic mass is 35.5. The van der Waals surface area contributed by atoms with Crippen LogP contribution >= 0.6 is 11.6 Å². The molecule has 0 radical (unpaired) electrons. The highest BCUT2D eigenvalue weighted by Gasteiger charge is 2.08. The molecule has 0 spiro atoms. The Kier molecular flexibility index (Phi) is 4.10. The molecule has 0 fully saturated rings. The second kappa shape index (κ2) is 5.79. The molecule has 0 unspecified atom stereocenters.